The fourth-order valence-corrected chi connectivity index (χ4v) is 3.30. The first-order valence-corrected chi connectivity index (χ1v) is 7.90. The van der Waals surface area contributed by atoms with Crippen molar-refractivity contribution in [2.75, 3.05) is 4.90 Å². The molecular weight excluding hydrogens is 356 g/mol. The number of imide groups is 1. The van der Waals surface area contributed by atoms with E-state index in [1.807, 2.05) is 0 Å². The summed E-state index contributed by atoms with van der Waals surface area (Å²) < 4.78 is 0.896. The van der Waals surface area contributed by atoms with E-state index in [2.05, 4.69) is 31.1 Å². The Kier molecular flexibility index (Phi) is 3.81. The van der Waals surface area contributed by atoms with Crippen molar-refractivity contribution in [3.05, 3.63) is 34.6 Å². The Morgan fingerprint density at radius 2 is 2.05 bits per heavy atom. The number of aromatic amines is 1. The zero-order valence-corrected chi connectivity index (χ0v) is 13.4. The Morgan fingerprint density at radius 3 is 2.67 bits per heavy atom. The molecule has 1 N–H and O–H groups in total. The van der Waals surface area contributed by atoms with Crippen molar-refractivity contribution in [1.82, 2.24) is 15.2 Å². The predicted octanol–water partition coefficient (Wildman–Crippen LogP) is 2.30. The van der Waals surface area contributed by atoms with Crippen LogP contribution in [0.2, 0.25) is 0 Å². The second-order valence-electron chi connectivity index (χ2n) is 4.56. The number of hydrogen-bond donors (Lipinski definition) is 1. The van der Waals surface area contributed by atoms with Crippen molar-refractivity contribution in [2.45, 2.75) is 23.8 Å². The van der Waals surface area contributed by atoms with Gasteiger partial charge in [-0.15, -0.1) is 5.10 Å². The summed E-state index contributed by atoms with van der Waals surface area (Å²) in [5, 5.41) is 6.71. The number of nitrogens with one attached hydrogen (secondary N) is 1. The molecule has 0 unspecified atom stereocenters. The Hall–Kier alpha value is -1.67. The molecule has 108 valence electrons. The number of anilines is 1. The largest absolute Gasteiger partial charge is 0.274 e. The van der Waals surface area contributed by atoms with Gasteiger partial charge < -0.3 is 0 Å². The molecule has 0 saturated carbocycles. The summed E-state index contributed by atoms with van der Waals surface area (Å²) >= 11 is 4.54. The molecule has 2 amide bonds. The second kappa shape index (κ2) is 5.61. The maximum Gasteiger partial charge on any atom is 0.247 e. The lowest BCUT2D eigenvalue weighted by atomic mass is 10.3. The molecule has 6 nitrogen and oxygen atoms in total. The zero-order valence-electron chi connectivity index (χ0n) is 11.0. The molecule has 1 fully saturated rings. The van der Waals surface area contributed by atoms with Crippen LogP contribution >= 0.6 is 27.7 Å². The molecule has 0 radical (unpaired) electrons. The van der Waals surface area contributed by atoms with Gasteiger partial charge in [0.05, 0.1) is 5.69 Å². The first-order chi connectivity index (χ1) is 10.0. The summed E-state index contributed by atoms with van der Waals surface area (Å²) in [5.41, 5.74) is 0.586. The molecule has 8 heteroatoms. The van der Waals surface area contributed by atoms with Gasteiger partial charge in [-0.1, -0.05) is 27.7 Å². The molecule has 1 aliphatic rings. The Balaban J connectivity index is 1.80. The van der Waals surface area contributed by atoms with Gasteiger partial charge in [-0.2, -0.15) is 0 Å². The first-order valence-electron chi connectivity index (χ1n) is 6.22. The first kappa shape index (κ1) is 14.3. The number of rotatable bonds is 3. The minimum atomic E-state index is -0.476. The van der Waals surface area contributed by atoms with Gasteiger partial charge >= 0.3 is 0 Å². The molecule has 1 aromatic heterocycles. The van der Waals surface area contributed by atoms with Gasteiger partial charge in [0.1, 0.15) is 11.1 Å². The van der Waals surface area contributed by atoms with Gasteiger partial charge in [0.2, 0.25) is 17.0 Å². The summed E-state index contributed by atoms with van der Waals surface area (Å²) in [5.74, 6) is 0.251. The number of aromatic nitrogens is 3. The minimum absolute atomic E-state index is 0.160. The van der Waals surface area contributed by atoms with E-state index >= 15 is 0 Å². The third-order valence-corrected chi connectivity index (χ3v) is 4.59. The van der Waals surface area contributed by atoms with Gasteiger partial charge in [-0.25, -0.2) is 9.88 Å². The van der Waals surface area contributed by atoms with Crippen molar-refractivity contribution in [2.24, 2.45) is 0 Å². The van der Waals surface area contributed by atoms with Crippen LogP contribution in [0.4, 0.5) is 5.69 Å². The average Bonchev–Trinajstić information content (AvgIpc) is 2.96. The summed E-state index contributed by atoms with van der Waals surface area (Å²) in [4.78, 5) is 29.9. The van der Waals surface area contributed by atoms with E-state index in [-0.39, 0.29) is 18.2 Å². The molecule has 3 rings (SSSR count). The smallest absolute Gasteiger partial charge is 0.247 e. The van der Waals surface area contributed by atoms with E-state index in [0.29, 0.717) is 16.7 Å². The summed E-state index contributed by atoms with van der Waals surface area (Å²) in [7, 11) is 0. The molecule has 1 saturated heterocycles. The molecule has 1 aromatic carbocycles. The lowest BCUT2D eigenvalue weighted by Crippen LogP contribution is -2.31. The number of hydrogen-bond acceptors (Lipinski definition) is 5. The summed E-state index contributed by atoms with van der Waals surface area (Å²) in [6.45, 7) is 1.78. The molecule has 1 atom stereocenters. The van der Waals surface area contributed by atoms with E-state index < -0.39 is 5.25 Å². The lowest BCUT2D eigenvalue weighted by molar-refractivity contribution is -0.121. The molecule has 21 heavy (non-hydrogen) atoms. The lowest BCUT2D eigenvalue weighted by Gasteiger charge is -2.14. The normalized spacial score (nSPS) is 18.6. The Bertz CT molecular complexity index is 700. The van der Waals surface area contributed by atoms with Crippen molar-refractivity contribution in [1.29, 1.82) is 0 Å². The summed E-state index contributed by atoms with van der Waals surface area (Å²) in [6, 6.07) is 7.08. The third kappa shape index (κ3) is 2.86. The van der Waals surface area contributed by atoms with Crippen LogP contribution in [0.5, 0.6) is 0 Å². The molecular formula is C13H11BrN4O2S. The van der Waals surface area contributed by atoms with Gasteiger partial charge in [0.15, 0.2) is 0 Å². The van der Waals surface area contributed by atoms with Crippen molar-refractivity contribution in [3.63, 3.8) is 0 Å². The number of carbonyl (C=O) groups excluding carboxylic acids is 2. The fourth-order valence-electron chi connectivity index (χ4n) is 2.06. The molecule has 2 aromatic rings. The number of nitrogens with zero attached hydrogens (tertiary/aromatic N) is 3. The standard InChI is InChI=1S/C13H11BrN4O2S/c1-7-15-13(17-16-7)21-10-6-11(19)18(12(10)20)9-4-2-8(14)3-5-9/h2-5,10H,6H2,1H3,(H,15,16,17)/t10-/m0/s1. The maximum absolute atomic E-state index is 12.4. The molecule has 2 heterocycles. The van der Waals surface area contributed by atoms with Crippen LogP contribution in [0.15, 0.2) is 33.9 Å². The number of H-pyrrole nitrogens is 1. The van der Waals surface area contributed by atoms with Gasteiger partial charge in [-0.05, 0) is 31.2 Å². The quantitative estimate of drug-likeness (QED) is 0.843. The molecule has 0 spiro atoms. The van der Waals surface area contributed by atoms with Crippen LogP contribution in [0.25, 0.3) is 0 Å². The highest BCUT2D eigenvalue weighted by Gasteiger charge is 2.40. The monoisotopic (exact) mass is 366 g/mol. The van der Waals surface area contributed by atoms with E-state index in [1.54, 1.807) is 31.2 Å². The Labute approximate surface area is 133 Å². The highest BCUT2D eigenvalue weighted by Crippen LogP contribution is 2.32. The average molecular weight is 367 g/mol. The van der Waals surface area contributed by atoms with Crippen LogP contribution in [-0.2, 0) is 9.59 Å². The third-order valence-electron chi connectivity index (χ3n) is 3.01. The van der Waals surface area contributed by atoms with E-state index in [0.717, 1.165) is 4.47 Å². The Morgan fingerprint density at radius 1 is 1.33 bits per heavy atom. The van der Waals surface area contributed by atoms with E-state index in [9.17, 15) is 9.59 Å². The summed E-state index contributed by atoms with van der Waals surface area (Å²) in [6.07, 6.45) is 0.160. The SMILES string of the molecule is Cc1nc(S[C@H]2CC(=O)N(c3ccc(Br)cc3)C2=O)n[nH]1. The number of amides is 2. The van der Waals surface area contributed by atoms with Crippen molar-refractivity contribution < 1.29 is 9.59 Å². The molecule has 0 bridgehead atoms. The molecule has 1 aliphatic heterocycles. The van der Waals surface area contributed by atoms with Gasteiger partial charge in [0, 0.05) is 10.9 Å². The van der Waals surface area contributed by atoms with E-state index in [4.69, 9.17) is 0 Å². The number of carbonyl (C=O) groups is 2. The predicted molar refractivity (Wildman–Crippen MR) is 82.0 cm³/mol. The topological polar surface area (TPSA) is 79.0 Å². The van der Waals surface area contributed by atoms with E-state index in [1.165, 1.54) is 16.7 Å². The minimum Gasteiger partial charge on any atom is -0.274 e. The van der Waals surface area contributed by atoms with Crippen molar-refractivity contribution >= 4 is 45.2 Å². The second-order valence-corrected chi connectivity index (χ2v) is 6.64. The maximum atomic E-state index is 12.4. The number of benzene rings is 1. The van der Waals surface area contributed by atoms with Gasteiger partial charge in [0.25, 0.3) is 0 Å². The zero-order chi connectivity index (χ0) is 15.0. The van der Waals surface area contributed by atoms with Crippen LogP contribution in [0, 0.1) is 6.92 Å². The highest BCUT2D eigenvalue weighted by atomic mass is 79.9. The highest BCUT2D eigenvalue weighted by molar-refractivity contribution is 9.10. The van der Waals surface area contributed by atoms with Crippen molar-refractivity contribution in [3.8, 4) is 0 Å². The number of thioether (sulfide) groups is 1. The fraction of sp³-hybridized carbons (Fsp3) is 0.231. The molecule has 0 aliphatic carbocycles. The van der Waals surface area contributed by atoms with Gasteiger partial charge in [-0.3, -0.25) is 14.7 Å². The van der Waals surface area contributed by atoms with Crippen LogP contribution in [0.1, 0.15) is 12.2 Å². The van der Waals surface area contributed by atoms with Crippen LogP contribution < -0.4 is 4.90 Å². The number of halogens is 1. The van der Waals surface area contributed by atoms with Crippen LogP contribution in [-0.4, -0.2) is 32.2 Å². The number of aryl methyl sites for hydroxylation is 1. The van der Waals surface area contributed by atoms with Crippen LogP contribution in [0.3, 0.4) is 0 Å².